The normalized spacial score (nSPS) is 11.2. The molecule has 0 atom stereocenters. The van der Waals surface area contributed by atoms with E-state index in [1.165, 1.54) is 36.5 Å². The number of nitrogens with zero attached hydrogens (tertiary/aromatic N) is 1. The molecule has 0 radical (unpaired) electrons. The van der Waals surface area contributed by atoms with Crippen molar-refractivity contribution < 1.29 is 37.0 Å². The summed E-state index contributed by atoms with van der Waals surface area (Å²) in [5.74, 6) is -1.37. The van der Waals surface area contributed by atoms with Crippen LogP contribution < -0.4 is 20.2 Å². The minimum Gasteiger partial charge on any atom is -0.490 e. The standard InChI is InChI=1S/C32H26F3N3O5/c1-3-42-28-16-21(12-15-27(28)43-31(41)22-13-10-20(2)11-14-22)19-36-38-30(40)24-7-5-9-26(18-24)37-29(39)23-6-4-8-25(17-23)32(33,34)35/h4-19H,3H2,1-2H3,(H,37,39)(H,38,40). The van der Waals surface area contributed by atoms with Crippen molar-refractivity contribution in [3.05, 3.63) is 124 Å². The summed E-state index contributed by atoms with van der Waals surface area (Å²) in [5, 5.41) is 6.44. The fourth-order valence-corrected chi connectivity index (χ4v) is 3.81. The van der Waals surface area contributed by atoms with Crippen LogP contribution in [-0.2, 0) is 6.18 Å². The van der Waals surface area contributed by atoms with Crippen LogP contribution in [0.1, 0.15) is 54.7 Å². The quantitative estimate of drug-likeness (QED) is 0.0985. The number of nitrogens with one attached hydrogen (secondary N) is 2. The average molecular weight is 590 g/mol. The predicted octanol–water partition coefficient (Wildman–Crippen LogP) is 6.65. The highest BCUT2D eigenvalue weighted by molar-refractivity contribution is 6.05. The van der Waals surface area contributed by atoms with E-state index in [9.17, 15) is 27.6 Å². The first-order valence-corrected chi connectivity index (χ1v) is 13.0. The molecule has 0 bridgehead atoms. The molecule has 0 aliphatic heterocycles. The Morgan fingerprint density at radius 2 is 1.51 bits per heavy atom. The number of rotatable bonds is 9. The van der Waals surface area contributed by atoms with E-state index in [0.717, 1.165) is 23.8 Å². The number of hydrazone groups is 1. The molecule has 0 aliphatic carbocycles. The molecule has 220 valence electrons. The lowest BCUT2D eigenvalue weighted by atomic mass is 10.1. The van der Waals surface area contributed by atoms with Gasteiger partial charge in [-0.15, -0.1) is 0 Å². The van der Waals surface area contributed by atoms with Crippen molar-refractivity contribution >= 4 is 29.7 Å². The van der Waals surface area contributed by atoms with Crippen LogP contribution in [0.3, 0.4) is 0 Å². The monoisotopic (exact) mass is 589 g/mol. The molecule has 0 saturated heterocycles. The number of benzene rings is 4. The van der Waals surface area contributed by atoms with Gasteiger partial charge in [0.15, 0.2) is 11.5 Å². The summed E-state index contributed by atoms with van der Waals surface area (Å²) < 4.78 is 50.1. The topological polar surface area (TPSA) is 106 Å². The number of aryl methyl sites for hydroxylation is 1. The van der Waals surface area contributed by atoms with Crippen molar-refractivity contribution in [2.75, 3.05) is 11.9 Å². The van der Waals surface area contributed by atoms with Crippen molar-refractivity contribution in [1.29, 1.82) is 0 Å². The zero-order valence-corrected chi connectivity index (χ0v) is 23.1. The van der Waals surface area contributed by atoms with E-state index in [2.05, 4.69) is 15.8 Å². The maximum Gasteiger partial charge on any atom is 0.416 e. The van der Waals surface area contributed by atoms with Gasteiger partial charge < -0.3 is 14.8 Å². The summed E-state index contributed by atoms with van der Waals surface area (Å²) in [6, 6.07) is 21.6. The van der Waals surface area contributed by atoms with Crippen LogP contribution in [0.4, 0.5) is 18.9 Å². The Morgan fingerprint density at radius 1 is 0.814 bits per heavy atom. The van der Waals surface area contributed by atoms with Gasteiger partial charge in [-0.05, 0) is 86.1 Å². The molecule has 2 N–H and O–H groups in total. The minimum absolute atomic E-state index is 0.146. The first-order chi connectivity index (χ1) is 20.5. The lowest BCUT2D eigenvalue weighted by Gasteiger charge is -2.11. The van der Waals surface area contributed by atoms with Crippen LogP contribution in [0.25, 0.3) is 0 Å². The van der Waals surface area contributed by atoms with Gasteiger partial charge in [0.2, 0.25) is 0 Å². The lowest BCUT2D eigenvalue weighted by Crippen LogP contribution is -2.18. The van der Waals surface area contributed by atoms with Crippen molar-refractivity contribution in [3.8, 4) is 11.5 Å². The van der Waals surface area contributed by atoms with Gasteiger partial charge in [0.05, 0.1) is 23.9 Å². The fraction of sp³-hybridized carbons (Fsp3) is 0.125. The van der Waals surface area contributed by atoms with E-state index in [1.54, 1.807) is 49.4 Å². The predicted molar refractivity (Wildman–Crippen MR) is 155 cm³/mol. The highest BCUT2D eigenvalue weighted by atomic mass is 19.4. The molecular formula is C32H26F3N3O5. The second kappa shape index (κ2) is 13.5. The number of amides is 2. The Bertz CT molecular complexity index is 1670. The summed E-state index contributed by atoms with van der Waals surface area (Å²) in [5.41, 5.74) is 3.54. The van der Waals surface area contributed by atoms with Crippen LogP contribution in [0.15, 0.2) is 96.1 Å². The maximum absolute atomic E-state index is 13.0. The lowest BCUT2D eigenvalue weighted by molar-refractivity contribution is -0.137. The van der Waals surface area contributed by atoms with Crippen molar-refractivity contribution in [2.45, 2.75) is 20.0 Å². The number of hydrogen-bond donors (Lipinski definition) is 2. The SMILES string of the molecule is CCOc1cc(C=NNC(=O)c2cccc(NC(=O)c3cccc(C(F)(F)F)c3)c2)ccc1OC(=O)c1ccc(C)cc1. The van der Waals surface area contributed by atoms with Crippen LogP contribution in [0.5, 0.6) is 11.5 Å². The van der Waals surface area contributed by atoms with Crippen molar-refractivity contribution in [1.82, 2.24) is 5.43 Å². The molecule has 0 heterocycles. The highest BCUT2D eigenvalue weighted by Crippen LogP contribution is 2.30. The molecule has 11 heteroatoms. The number of esters is 1. The van der Waals surface area contributed by atoms with Gasteiger partial charge in [-0.25, -0.2) is 10.2 Å². The summed E-state index contributed by atoms with van der Waals surface area (Å²) in [6.07, 6.45) is -3.22. The molecule has 4 aromatic rings. The Kier molecular flexibility index (Phi) is 9.56. The smallest absolute Gasteiger partial charge is 0.416 e. The summed E-state index contributed by atoms with van der Waals surface area (Å²) >= 11 is 0. The minimum atomic E-state index is -4.59. The molecule has 0 fully saturated rings. The van der Waals surface area contributed by atoms with E-state index >= 15 is 0 Å². The third-order valence-electron chi connectivity index (χ3n) is 5.97. The molecule has 0 saturated carbocycles. The Morgan fingerprint density at radius 3 is 2.21 bits per heavy atom. The van der Waals surface area contributed by atoms with Gasteiger partial charge in [0, 0.05) is 16.8 Å². The molecule has 0 spiro atoms. The van der Waals surface area contributed by atoms with Crippen LogP contribution in [0, 0.1) is 6.92 Å². The number of anilines is 1. The third-order valence-corrected chi connectivity index (χ3v) is 5.97. The van der Waals surface area contributed by atoms with Gasteiger partial charge in [-0.2, -0.15) is 18.3 Å². The number of alkyl halides is 3. The van der Waals surface area contributed by atoms with E-state index in [-0.39, 0.29) is 22.6 Å². The molecule has 8 nitrogen and oxygen atoms in total. The molecule has 0 aromatic heterocycles. The summed E-state index contributed by atoms with van der Waals surface area (Å²) in [7, 11) is 0. The number of carbonyl (C=O) groups is 3. The van der Waals surface area contributed by atoms with Crippen LogP contribution in [0.2, 0.25) is 0 Å². The van der Waals surface area contributed by atoms with E-state index in [4.69, 9.17) is 9.47 Å². The van der Waals surface area contributed by atoms with Crippen molar-refractivity contribution in [2.24, 2.45) is 5.10 Å². The third kappa shape index (κ3) is 8.29. The highest BCUT2D eigenvalue weighted by Gasteiger charge is 2.31. The van der Waals surface area contributed by atoms with Gasteiger partial charge in [0.25, 0.3) is 11.8 Å². The van der Waals surface area contributed by atoms with Gasteiger partial charge in [-0.3, -0.25) is 9.59 Å². The number of ether oxygens (including phenoxy) is 2. The molecule has 43 heavy (non-hydrogen) atoms. The number of carbonyl (C=O) groups excluding carboxylic acids is 3. The Hall–Kier alpha value is -5.45. The van der Waals surface area contributed by atoms with E-state index < -0.39 is 29.5 Å². The van der Waals surface area contributed by atoms with Crippen LogP contribution in [-0.4, -0.2) is 30.6 Å². The van der Waals surface area contributed by atoms with Gasteiger partial charge in [-0.1, -0.05) is 29.8 Å². The van der Waals surface area contributed by atoms with Crippen LogP contribution >= 0.6 is 0 Å². The maximum atomic E-state index is 13.0. The second-order valence-electron chi connectivity index (χ2n) is 9.21. The average Bonchev–Trinajstić information content (AvgIpc) is 2.98. The summed E-state index contributed by atoms with van der Waals surface area (Å²) in [4.78, 5) is 37.7. The molecule has 4 aromatic carbocycles. The Balaban J connectivity index is 1.39. The zero-order chi connectivity index (χ0) is 31.0. The van der Waals surface area contributed by atoms with E-state index in [1.807, 2.05) is 6.92 Å². The van der Waals surface area contributed by atoms with Gasteiger partial charge >= 0.3 is 12.1 Å². The molecular weight excluding hydrogens is 563 g/mol. The second-order valence-corrected chi connectivity index (χ2v) is 9.21. The van der Waals surface area contributed by atoms with E-state index in [0.29, 0.717) is 23.5 Å². The van der Waals surface area contributed by atoms with Crippen molar-refractivity contribution in [3.63, 3.8) is 0 Å². The first-order valence-electron chi connectivity index (χ1n) is 13.0. The molecule has 0 aliphatic rings. The number of hydrogen-bond acceptors (Lipinski definition) is 6. The largest absolute Gasteiger partial charge is 0.490 e. The number of halogens is 3. The molecule has 4 rings (SSSR count). The molecule has 2 amide bonds. The summed E-state index contributed by atoms with van der Waals surface area (Å²) in [6.45, 7) is 4.01. The van der Waals surface area contributed by atoms with Gasteiger partial charge in [0.1, 0.15) is 0 Å². The molecule has 0 unspecified atom stereocenters. The first kappa shape index (κ1) is 30.5. The Labute approximate surface area is 245 Å². The fourth-order valence-electron chi connectivity index (χ4n) is 3.81. The zero-order valence-electron chi connectivity index (χ0n) is 23.1.